The number of benzene rings is 2. The highest BCUT2D eigenvalue weighted by molar-refractivity contribution is 9.10. The summed E-state index contributed by atoms with van der Waals surface area (Å²) in [6, 6.07) is 16.2. The Kier molecular flexibility index (Phi) is 4.38. The molecule has 0 N–H and O–H groups in total. The SMILES string of the molecule is Cn1cc(C2CCN(C(=O)c3ccc(Br)cc3)CC2)c2ccccc21. The summed E-state index contributed by atoms with van der Waals surface area (Å²) in [5.41, 5.74) is 3.48. The van der Waals surface area contributed by atoms with Gasteiger partial charge in [0, 0.05) is 47.3 Å². The Morgan fingerprint density at radius 2 is 1.72 bits per heavy atom. The molecule has 0 atom stereocenters. The summed E-state index contributed by atoms with van der Waals surface area (Å²) in [5, 5.41) is 1.35. The number of hydrogen-bond donors (Lipinski definition) is 0. The number of rotatable bonds is 2. The molecular formula is C21H21BrN2O. The maximum absolute atomic E-state index is 12.7. The Labute approximate surface area is 156 Å². The van der Waals surface area contributed by atoms with E-state index in [0.717, 1.165) is 36.0 Å². The van der Waals surface area contributed by atoms with Gasteiger partial charge in [-0.15, -0.1) is 0 Å². The molecule has 128 valence electrons. The quantitative estimate of drug-likeness (QED) is 0.600. The van der Waals surface area contributed by atoms with Crippen LogP contribution < -0.4 is 0 Å². The number of carbonyl (C=O) groups excluding carboxylic acids is 1. The first-order valence-electron chi connectivity index (χ1n) is 8.72. The van der Waals surface area contributed by atoms with Gasteiger partial charge < -0.3 is 9.47 Å². The molecule has 1 aliphatic rings. The number of carbonyl (C=O) groups is 1. The lowest BCUT2D eigenvalue weighted by molar-refractivity contribution is 0.0713. The maximum Gasteiger partial charge on any atom is 0.253 e. The number of aryl methyl sites for hydroxylation is 1. The van der Waals surface area contributed by atoms with Gasteiger partial charge in [0.25, 0.3) is 5.91 Å². The lowest BCUT2D eigenvalue weighted by Crippen LogP contribution is -2.37. The van der Waals surface area contributed by atoms with Crippen LogP contribution in [0.25, 0.3) is 10.9 Å². The molecule has 3 aromatic rings. The zero-order valence-electron chi connectivity index (χ0n) is 14.3. The number of piperidine rings is 1. The van der Waals surface area contributed by atoms with Gasteiger partial charge >= 0.3 is 0 Å². The molecular weight excluding hydrogens is 376 g/mol. The van der Waals surface area contributed by atoms with Gasteiger partial charge in [0.15, 0.2) is 0 Å². The van der Waals surface area contributed by atoms with Gasteiger partial charge in [-0.25, -0.2) is 0 Å². The summed E-state index contributed by atoms with van der Waals surface area (Å²) in [7, 11) is 2.11. The Bertz CT molecular complexity index is 905. The van der Waals surface area contributed by atoms with E-state index in [0.29, 0.717) is 5.92 Å². The number of amides is 1. The van der Waals surface area contributed by atoms with Gasteiger partial charge in [-0.1, -0.05) is 34.1 Å². The van der Waals surface area contributed by atoms with Gasteiger partial charge in [-0.05, 0) is 54.7 Å². The third kappa shape index (κ3) is 3.11. The van der Waals surface area contributed by atoms with Crippen LogP contribution in [0, 0.1) is 0 Å². The summed E-state index contributed by atoms with van der Waals surface area (Å²) in [6.45, 7) is 1.64. The Morgan fingerprint density at radius 3 is 2.44 bits per heavy atom. The van der Waals surface area contributed by atoms with Crippen molar-refractivity contribution in [3.63, 3.8) is 0 Å². The van der Waals surface area contributed by atoms with Crippen molar-refractivity contribution >= 4 is 32.7 Å². The van der Waals surface area contributed by atoms with Crippen molar-refractivity contribution in [3.05, 3.63) is 70.3 Å². The van der Waals surface area contributed by atoms with E-state index >= 15 is 0 Å². The predicted octanol–water partition coefficient (Wildman–Crippen LogP) is 4.96. The van der Waals surface area contributed by atoms with Crippen LogP contribution in [0.15, 0.2) is 59.2 Å². The monoisotopic (exact) mass is 396 g/mol. The highest BCUT2D eigenvalue weighted by Crippen LogP contribution is 2.34. The molecule has 0 spiro atoms. The van der Waals surface area contributed by atoms with Gasteiger partial charge in [-0.2, -0.15) is 0 Å². The van der Waals surface area contributed by atoms with Crippen LogP contribution in [-0.4, -0.2) is 28.5 Å². The minimum absolute atomic E-state index is 0.142. The summed E-state index contributed by atoms with van der Waals surface area (Å²) in [6.07, 6.45) is 4.31. The number of halogens is 1. The number of hydrogen-bond acceptors (Lipinski definition) is 1. The molecule has 0 unspecified atom stereocenters. The first kappa shape index (κ1) is 16.4. The molecule has 4 heteroatoms. The molecule has 0 radical (unpaired) electrons. The van der Waals surface area contributed by atoms with E-state index in [1.807, 2.05) is 29.2 Å². The fourth-order valence-corrected chi connectivity index (χ4v) is 4.13. The summed E-state index contributed by atoms with van der Waals surface area (Å²) in [5.74, 6) is 0.670. The second-order valence-corrected chi connectivity index (χ2v) is 7.70. The molecule has 1 amide bonds. The van der Waals surface area contributed by atoms with Crippen LogP contribution in [0.1, 0.15) is 34.7 Å². The Balaban J connectivity index is 1.49. The Morgan fingerprint density at radius 1 is 1.04 bits per heavy atom. The van der Waals surface area contributed by atoms with Crippen LogP contribution in [0.5, 0.6) is 0 Å². The standard InChI is InChI=1S/C21H21BrN2O/c1-23-14-19(18-4-2-3-5-20(18)23)15-10-12-24(13-11-15)21(25)16-6-8-17(22)9-7-16/h2-9,14-15H,10-13H2,1H3. The molecule has 4 rings (SSSR count). The number of para-hydroxylation sites is 1. The second-order valence-electron chi connectivity index (χ2n) is 6.79. The zero-order valence-corrected chi connectivity index (χ0v) is 15.9. The number of likely N-dealkylation sites (tertiary alicyclic amines) is 1. The first-order valence-corrected chi connectivity index (χ1v) is 9.51. The van der Waals surface area contributed by atoms with E-state index in [1.165, 1.54) is 16.5 Å². The third-order valence-electron chi connectivity index (χ3n) is 5.24. The lowest BCUT2D eigenvalue weighted by Gasteiger charge is -2.32. The van der Waals surface area contributed by atoms with Crippen molar-refractivity contribution in [2.45, 2.75) is 18.8 Å². The van der Waals surface area contributed by atoms with Gasteiger partial charge in [0.05, 0.1) is 0 Å². The fourth-order valence-electron chi connectivity index (χ4n) is 3.87. The normalized spacial score (nSPS) is 15.7. The molecule has 1 saturated heterocycles. The molecule has 2 aromatic carbocycles. The fraction of sp³-hybridized carbons (Fsp3) is 0.286. The summed E-state index contributed by atoms with van der Waals surface area (Å²) >= 11 is 3.42. The average Bonchev–Trinajstić information content (AvgIpc) is 2.99. The zero-order chi connectivity index (χ0) is 17.4. The number of aromatic nitrogens is 1. The maximum atomic E-state index is 12.7. The molecule has 1 aliphatic heterocycles. The van der Waals surface area contributed by atoms with Crippen LogP contribution in [0.4, 0.5) is 0 Å². The summed E-state index contributed by atoms with van der Waals surface area (Å²) < 4.78 is 3.21. The van der Waals surface area contributed by atoms with E-state index < -0.39 is 0 Å². The van der Waals surface area contributed by atoms with Gasteiger partial charge in [0.1, 0.15) is 0 Å². The highest BCUT2D eigenvalue weighted by Gasteiger charge is 2.26. The number of nitrogens with zero attached hydrogens (tertiary/aromatic N) is 2. The molecule has 1 fully saturated rings. The van der Waals surface area contributed by atoms with Crippen molar-refractivity contribution in [3.8, 4) is 0 Å². The highest BCUT2D eigenvalue weighted by atomic mass is 79.9. The molecule has 3 nitrogen and oxygen atoms in total. The Hall–Kier alpha value is -2.07. The van der Waals surface area contributed by atoms with Crippen LogP contribution in [0.2, 0.25) is 0 Å². The van der Waals surface area contributed by atoms with Crippen molar-refractivity contribution in [1.29, 1.82) is 0 Å². The lowest BCUT2D eigenvalue weighted by atomic mass is 9.89. The van der Waals surface area contributed by atoms with Gasteiger partial charge in [-0.3, -0.25) is 4.79 Å². The van der Waals surface area contributed by atoms with E-state index in [2.05, 4.69) is 58.0 Å². The van der Waals surface area contributed by atoms with Crippen LogP contribution in [0.3, 0.4) is 0 Å². The molecule has 1 aromatic heterocycles. The smallest absolute Gasteiger partial charge is 0.253 e. The molecule has 0 bridgehead atoms. The average molecular weight is 397 g/mol. The van der Waals surface area contributed by atoms with Crippen molar-refractivity contribution in [2.24, 2.45) is 7.05 Å². The van der Waals surface area contributed by atoms with Crippen molar-refractivity contribution < 1.29 is 4.79 Å². The third-order valence-corrected chi connectivity index (χ3v) is 5.77. The molecule has 0 aliphatic carbocycles. The second kappa shape index (κ2) is 6.68. The number of fused-ring (bicyclic) bond motifs is 1. The van der Waals surface area contributed by atoms with Crippen LogP contribution >= 0.6 is 15.9 Å². The molecule has 0 saturated carbocycles. The largest absolute Gasteiger partial charge is 0.350 e. The minimum Gasteiger partial charge on any atom is -0.350 e. The van der Waals surface area contributed by atoms with Crippen molar-refractivity contribution in [2.75, 3.05) is 13.1 Å². The topological polar surface area (TPSA) is 25.2 Å². The van der Waals surface area contributed by atoms with Crippen LogP contribution in [-0.2, 0) is 7.05 Å². The minimum atomic E-state index is 0.142. The first-order chi connectivity index (χ1) is 12.1. The summed E-state index contributed by atoms with van der Waals surface area (Å²) in [4.78, 5) is 14.7. The van der Waals surface area contributed by atoms with E-state index in [9.17, 15) is 4.79 Å². The van der Waals surface area contributed by atoms with E-state index in [-0.39, 0.29) is 5.91 Å². The molecule has 2 heterocycles. The van der Waals surface area contributed by atoms with Crippen molar-refractivity contribution in [1.82, 2.24) is 9.47 Å². The van der Waals surface area contributed by atoms with Gasteiger partial charge in [0.2, 0.25) is 0 Å². The van der Waals surface area contributed by atoms with E-state index in [4.69, 9.17) is 0 Å². The van der Waals surface area contributed by atoms with E-state index in [1.54, 1.807) is 0 Å². The molecule has 25 heavy (non-hydrogen) atoms. The predicted molar refractivity (Wildman–Crippen MR) is 105 cm³/mol.